The van der Waals surface area contributed by atoms with Gasteiger partial charge in [-0.15, -0.1) is 0 Å². The van der Waals surface area contributed by atoms with Crippen LogP contribution in [0.15, 0.2) is 39.9 Å². The number of hydrogen-bond acceptors (Lipinski definition) is 3. The molecule has 0 amide bonds. The van der Waals surface area contributed by atoms with E-state index in [1.165, 1.54) is 11.1 Å². The highest BCUT2D eigenvalue weighted by molar-refractivity contribution is 5.78. The van der Waals surface area contributed by atoms with Crippen LogP contribution in [0.3, 0.4) is 0 Å². The number of rotatable bonds is 2. The normalized spacial score (nSPS) is 10.6. The molecule has 0 radical (unpaired) electrons. The van der Waals surface area contributed by atoms with E-state index in [-0.39, 0.29) is 0 Å². The first kappa shape index (κ1) is 13.2. The van der Waals surface area contributed by atoms with Crippen LogP contribution in [-0.4, -0.2) is 4.98 Å². The fraction of sp³-hybridized carbons (Fsp3) is 0.188. The van der Waals surface area contributed by atoms with E-state index >= 15 is 0 Å². The number of fused-ring (bicyclic) bond motifs is 1. The highest BCUT2D eigenvalue weighted by atomic mass is 16.3. The van der Waals surface area contributed by atoms with Gasteiger partial charge in [0, 0.05) is 16.2 Å². The Kier molecular flexibility index (Phi) is 3.12. The van der Waals surface area contributed by atoms with Gasteiger partial charge < -0.3 is 4.42 Å². The van der Waals surface area contributed by atoms with Crippen molar-refractivity contribution < 1.29 is 4.42 Å². The summed E-state index contributed by atoms with van der Waals surface area (Å²) in [6, 6.07) is 9.60. The molecule has 2 aromatic carbocycles. The van der Waals surface area contributed by atoms with Crippen LogP contribution < -0.4 is 0 Å². The van der Waals surface area contributed by atoms with E-state index in [0.29, 0.717) is 11.6 Å². The van der Waals surface area contributed by atoms with E-state index < -0.39 is 0 Å². The molecule has 0 atom stereocenters. The zero-order valence-corrected chi connectivity index (χ0v) is 12.1. The number of hydrogen-bond donors (Lipinski definition) is 0. The van der Waals surface area contributed by atoms with Crippen LogP contribution >= 0.6 is 0 Å². The molecule has 1 heterocycles. The quantitative estimate of drug-likeness (QED) is 0.359. The molecule has 0 bridgehead atoms. The molecule has 0 N–H and O–H groups in total. The van der Waals surface area contributed by atoms with Crippen molar-refractivity contribution in [3.05, 3.63) is 57.5 Å². The van der Waals surface area contributed by atoms with Crippen LogP contribution in [0, 0.1) is 20.8 Å². The molecule has 3 aromatic rings. The lowest BCUT2D eigenvalue weighted by molar-refractivity contribution is 0.619. The monoisotopic (exact) mass is 278 g/mol. The zero-order valence-electron chi connectivity index (χ0n) is 12.1. The number of azide groups is 1. The van der Waals surface area contributed by atoms with Crippen molar-refractivity contribution in [3.63, 3.8) is 0 Å². The van der Waals surface area contributed by atoms with E-state index in [0.717, 1.165) is 22.2 Å². The summed E-state index contributed by atoms with van der Waals surface area (Å²) in [7, 11) is 0. The lowest BCUT2D eigenvalue weighted by Gasteiger charge is -2.00. The fourth-order valence-electron chi connectivity index (χ4n) is 2.20. The molecule has 0 saturated heterocycles. The minimum atomic E-state index is 0.532. The average Bonchev–Trinajstić information content (AvgIpc) is 2.85. The van der Waals surface area contributed by atoms with Gasteiger partial charge in [-0.1, -0.05) is 11.2 Å². The van der Waals surface area contributed by atoms with Crippen LogP contribution in [0.25, 0.3) is 33.0 Å². The maximum Gasteiger partial charge on any atom is 0.227 e. The molecule has 0 aliphatic carbocycles. The summed E-state index contributed by atoms with van der Waals surface area (Å²) in [5, 5.41) is 3.69. The number of aromatic nitrogens is 1. The highest BCUT2D eigenvalue weighted by Gasteiger charge is 2.10. The number of aryl methyl sites for hydroxylation is 3. The van der Waals surface area contributed by atoms with Crippen molar-refractivity contribution in [1.29, 1.82) is 0 Å². The topological polar surface area (TPSA) is 74.8 Å². The summed E-state index contributed by atoms with van der Waals surface area (Å²) in [6.45, 7) is 5.99. The second-order valence-corrected chi connectivity index (χ2v) is 5.11. The van der Waals surface area contributed by atoms with Gasteiger partial charge in [-0.2, -0.15) is 0 Å². The Labute approximate surface area is 121 Å². The van der Waals surface area contributed by atoms with Gasteiger partial charge in [0.25, 0.3) is 0 Å². The first-order valence-corrected chi connectivity index (χ1v) is 6.62. The molecule has 0 spiro atoms. The SMILES string of the molecule is Cc1cc2nc(-c3ccc(C)c(N=[N+]=[N-])c3)oc2cc1C. The third-order valence-electron chi connectivity index (χ3n) is 3.61. The van der Waals surface area contributed by atoms with Gasteiger partial charge in [0.05, 0.1) is 0 Å². The van der Waals surface area contributed by atoms with Gasteiger partial charge in [-0.3, -0.25) is 0 Å². The molecule has 0 aliphatic heterocycles. The van der Waals surface area contributed by atoms with Gasteiger partial charge >= 0.3 is 0 Å². The second-order valence-electron chi connectivity index (χ2n) is 5.11. The number of benzene rings is 2. The smallest absolute Gasteiger partial charge is 0.227 e. The molecule has 0 fully saturated rings. The van der Waals surface area contributed by atoms with E-state index in [9.17, 15) is 0 Å². The first-order chi connectivity index (χ1) is 10.1. The summed E-state index contributed by atoms with van der Waals surface area (Å²) in [5.74, 6) is 0.532. The predicted octanol–water partition coefficient (Wildman–Crippen LogP) is 5.36. The lowest BCUT2D eigenvalue weighted by atomic mass is 10.1. The Balaban J connectivity index is 2.16. The first-order valence-electron chi connectivity index (χ1n) is 6.62. The van der Waals surface area contributed by atoms with Crippen molar-refractivity contribution in [2.75, 3.05) is 0 Å². The zero-order chi connectivity index (χ0) is 15.0. The fourth-order valence-corrected chi connectivity index (χ4v) is 2.20. The third kappa shape index (κ3) is 2.35. The molecule has 1 aromatic heterocycles. The maximum absolute atomic E-state index is 8.60. The van der Waals surface area contributed by atoms with Crippen LogP contribution in [0.1, 0.15) is 16.7 Å². The Morgan fingerprint density at radius 1 is 1.05 bits per heavy atom. The average molecular weight is 278 g/mol. The Hall–Kier alpha value is -2.78. The van der Waals surface area contributed by atoms with Gasteiger partial charge in [-0.25, -0.2) is 4.98 Å². The molecule has 5 nitrogen and oxygen atoms in total. The van der Waals surface area contributed by atoms with Gasteiger partial charge in [-0.05, 0) is 67.3 Å². The Morgan fingerprint density at radius 2 is 1.81 bits per heavy atom. The van der Waals surface area contributed by atoms with Crippen molar-refractivity contribution in [2.24, 2.45) is 5.11 Å². The second kappa shape index (κ2) is 4.96. The summed E-state index contributed by atoms with van der Waals surface area (Å²) >= 11 is 0. The van der Waals surface area contributed by atoms with Gasteiger partial charge in [0.1, 0.15) is 5.52 Å². The number of nitrogens with zero attached hydrogens (tertiary/aromatic N) is 4. The van der Waals surface area contributed by atoms with Crippen LogP contribution in [0.4, 0.5) is 5.69 Å². The molecule has 0 aliphatic rings. The van der Waals surface area contributed by atoms with Crippen LogP contribution in [-0.2, 0) is 0 Å². The lowest BCUT2D eigenvalue weighted by Crippen LogP contribution is -1.80. The number of oxazole rings is 1. The van der Waals surface area contributed by atoms with Gasteiger partial charge in [0.2, 0.25) is 5.89 Å². The van der Waals surface area contributed by atoms with E-state index in [1.807, 2.05) is 38.1 Å². The molecule has 104 valence electrons. The molecule has 0 unspecified atom stereocenters. The largest absolute Gasteiger partial charge is 0.436 e. The summed E-state index contributed by atoms with van der Waals surface area (Å²) < 4.78 is 5.82. The molecule has 5 heteroatoms. The van der Waals surface area contributed by atoms with Crippen LogP contribution in [0.5, 0.6) is 0 Å². The molecular weight excluding hydrogens is 264 g/mol. The minimum Gasteiger partial charge on any atom is -0.436 e. The maximum atomic E-state index is 8.60. The summed E-state index contributed by atoms with van der Waals surface area (Å²) in [5.41, 5.74) is 14.9. The van der Waals surface area contributed by atoms with E-state index in [2.05, 4.69) is 21.9 Å². The molecule has 3 rings (SSSR count). The van der Waals surface area contributed by atoms with Crippen molar-refractivity contribution >= 4 is 16.8 Å². The summed E-state index contributed by atoms with van der Waals surface area (Å²) in [4.78, 5) is 7.36. The van der Waals surface area contributed by atoms with Crippen molar-refractivity contribution in [2.45, 2.75) is 20.8 Å². The molecule has 21 heavy (non-hydrogen) atoms. The Morgan fingerprint density at radius 3 is 2.57 bits per heavy atom. The standard InChI is InChI=1S/C16H14N4O/c1-9-4-5-12(8-13(9)19-20-17)16-18-14-6-10(2)11(3)7-15(14)21-16/h4-8H,1-3H3. The van der Waals surface area contributed by atoms with Gasteiger partial charge in [0.15, 0.2) is 5.58 Å². The summed E-state index contributed by atoms with van der Waals surface area (Å²) in [6.07, 6.45) is 0. The third-order valence-corrected chi connectivity index (χ3v) is 3.61. The van der Waals surface area contributed by atoms with Crippen LogP contribution in [0.2, 0.25) is 0 Å². The minimum absolute atomic E-state index is 0.532. The van der Waals surface area contributed by atoms with E-state index in [1.54, 1.807) is 6.07 Å². The molecule has 0 saturated carbocycles. The highest BCUT2D eigenvalue weighted by Crippen LogP contribution is 2.30. The predicted molar refractivity (Wildman–Crippen MR) is 82.5 cm³/mol. The van der Waals surface area contributed by atoms with E-state index in [4.69, 9.17) is 9.95 Å². The van der Waals surface area contributed by atoms with Crippen molar-refractivity contribution in [1.82, 2.24) is 4.98 Å². The molecular formula is C16H14N4O. The van der Waals surface area contributed by atoms with Crippen molar-refractivity contribution in [3.8, 4) is 11.5 Å². The Bertz CT molecular complexity index is 850.